The highest BCUT2D eigenvalue weighted by Crippen LogP contribution is 2.63. The van der Waals surface area contributed by atoms with Crippen LogP contribution >= 0.6 is 0 Å². The summed E-state index contributed by atoms with van der Waals surface area (Å²) in [5.74, 6) is 1.03. The topological polar surface area (TPSA) is 49.3 Å². The summed E-state index contributed by atoms with van der Waals surface area (Å²) in [7, 11) is 0. The summed E-state index contributed by atoms with van der Waals surface area (Å²) < 4.78 is 13.4. The number of fused-ring (bicyclic) bond motifs is 7. The molecule has 0 amide bonds. The zero-order valence-electron chi connectivity index (χ0n) is 13.8. The van der Waals surface area contributed by atoms with Crippen molar-refractivity contribution in [3.8, 4) is 0 Å². The fraction of sp³-hybridized carbons (Fsp3) is 0.381. The molecule has 2 aromatic rings. The number of carboxylic acid groups (broad SMARTS) is 1. The smallest absolute Gasteiger partial charge is 0.337 e. The molecule has 2 aliphatic carbocycles. The number of nitrogens with one attached hydrogen (secondary N) is 1. The average molecular weight is 337 g/mol. The maximum atomic E-state index is 13.4. The molecule has 2 fully saturated rings. The van der Waals surface area contributed by atoms with E-state index in [4.69, 9.17) is 0 Å². The second kappa shape index (κ2) is 5.32. The van der Waals surface area contributed by atoms with E-state index in [2.05, 4.69) is 11.4 Å². The quantitative estimate of drug-likeness (QED) is 0.826. The van der Waals surface area contributed by atoms with E-state index in [0.29, 0.717) is 29.2 Å². The monoisotopic (exact) mass is 337 g/mol. The molecule has 5 rings (SSSR count). The first kappa shape index (κ1) is 14.9. The Morgan fingerprint density at radius 1 is 1.08 bits per heavy atom. The molecule has 2 aromatic carbocycles. The van der Waals surface area contributed by atoms with Crippen molar-refractivity contribution in [2.45, 2.75) is 31.2 Å². The van der Waals surface area contributed by atoms with Gasteiger partial charge in [-0.3, -0.25) is 0 Å². The molecule has 128 valence electrons. The zero-order chi connectivity index (χ0) is 17.1. The lowest BCUT2D eigenvalue weighted by Gasteiger charge is -2.44. The predicted molar refractivity (Wildman–Crippen MR) is 93.2 cm³/mol. The molecule has 1 aliphatic heterocycles. The highest BCUT2D eigenvalue weighted by Gasteiger charge is 2.54. The van der Waals surface area contributed by atoms with Gasteiger partial charge < -0.3 is 10.4 Å². The lowest BCUT2D eigenvalue weighted by molar-refractivity contribution is 0.0697. The molecule has 0 radical (unpaired) electrons. The van der Waals surface area contributed by atoms with Crippen LogP contribution in [0.3, 0.4) is 0 Å². The Kier molecular flexibility index (Phi) is 3.18. The fourth-order valence-electron chi connectivity index (χ4n) is 5.69. The van der Waals surface area contributed by atoms with Crippen LogP contribution < -0.4 is 5.32 Å². The van der Waals surface area contributed by atoms with Crippen molar-refractivity contribution < 1.29 is 14.3 Å². The van der Waals surface area contributed by atoms with Gasteiger partial charge in [0.2, 0.25) is 0 Å². The van der Waals surface area contributed by atoms with Gasteiger partial charge in [0.1, 0.15) is 5.82 Å². The lowest BCUT2D eigenvalue weighted by Crippen LogP contribution is -2.36. The minimum atomic E-state index is -0.899. The van der Waals surface area contributed by atoms with E-state index in [1.807, 2.05) is 18.2 Å². The first-order valence-corrected chi connectivity index (χ1v) is 9.01. The van der Waals surface area contributed by atoms with Gasteiger partial charge in [-0.1, -0.05) is 24.3 Å². The molecule has 2 saturated carbocycles. The number of carbonyl (C=O) groups is 1. The summed E-state index contributed by atoms with van der Waals surface area (Å²) in [5.41, 5.74) is 3.31. The van der Waals surface area contributed by atoms with Crippen molar-refractivity contribution in [1.82, 2.24) is 0 Å². The van der Waals surface area contributed by atoms with Crippen LogP contribution in [-0.2, 0) is 0 Å². The second-order valence-corrected chi connectivity index (χ2v) is 7.68. The average Bonchev–Trinajstić information content (AvgIpc) is 3.23. The molecule has 3 aliphatic rings. The lowest BCUT2D eigenvalue weighted by atomic mass is 9.67. The minimum Gasteiger partial charge on any atom is -0.478 e. The van der Waals surface area contributed by atoms with Crippen LogP contribution in [0.25, 0.3) is 0 Å². The van der Waals surface area contributed by atoms with Gasteiger partial charge in [-0.05, 0) is 72.3 Å². The van der Waals surface area contributed by atoms with Crippen molar-refractivity contribution >= 4 is 11.7 Å². The number of hydrogen-bond donors (Lipinski definition) is 2. The Balaban J connectivity index is 1.67. The molecule has 0 aromatic heterocycles. The van der Waals surface area contributed by atoms with Crippen LogP contribution in [0.4, 0.5) is 10.1 Å². The molecule has 1 heterocycles. The standard InChI is InChI=1S/C21H20FNO2/c22-14-8-6-11(7-9-14)19-18-13-5-4-12(10-13)17(18)15-2-1-3-16(21(24)25)20(15)23-19/h1-3,6-9,12-13,17-19,23H,4-5,10H2,(H,24,25)/t12-,13-,17-,18+,19-/m1/s1. The van der Waals surface area contributed by atoms with E-state index in [1.54, 1.807) is 6.07 Å². The molecular weight excluding hydrogens is 317 g/mol. The number of benzene rings is 2. The van der Waals surface area contributed by atoms with E-state index in [9.17, 15) is 14.3 Å². The minimum absolute atomic E-state index is 0.0499. The third-order valence-electron chi connectivity index (χ3n) is 6.58. The Bertz CT molecular complexity index is 847. The highest BCUT2D eigenvalue weighted by molar-refractivity contribution is 5.95. The number of halogens is 1. The van der Waals surface area contributed by atoms with Gasteiger partial charge in [-0.2, -0.15) is 0 Å². The fourth-order valence-corrected chi connectivity index (χ4v) is 5.69. The van der Waals surface area contributed by atoms with E-state index < -0.39 is 5.97 Å². The van der Waals surface area contributed by atoms with Crippen LogP contribution in [0.15, 0.2) is 42.5 Å². The summed E-state index contributed by atoms with van der Waals surface area (Å²) in [4.78, 5) is 11.7. The molecular formula is C21H20FNO2. The van der Waals surface area contributed by atoms with Gasteiger partial charge in [0.15, 0.2) is 0 Å². The van der Waals surface area contributed by atoms with Crippen LogP contribution in [0, 0.1) is 23.6 Å². The SMILES string of the molecule is O=C(O)c1cccc2c1N[C@H](c1ccc(F)cc1)[C@H]1[C@@H]3CC[C@H](C3)[C@H]21. The van der Waals surface area contributed by atoms with E-state index in [-0.39, 0.29) is 11.9 Å². The molecule has 0 spiro atoms. The Hall–Kier alpha value is -2.36. The molecule has 4 heteroatoms. The van der Waals surface area contributed by atoms with Gasteiger partial charge in [-0.25, -0.2) is 9.18 Å². The number of anilines is 1. The number of carboxylic acids is 1. The van der Waals surface area contributed by atoms with Gasteiger partial charge in [0.25, 0.3) is 0 Å². The number of aromatic carboxylic acids is 1. The van der Waals surface area contributed by atoms with Crippen molar-refractivity contribution in [2.24, 2.45) is 17.8 Å². The van der Waals surface area contributed by atoms with Gasteiger partial charge >= 0.3 is 5.97 Å². The summed E-state index contributed by atoms with van der Waals surface area (Å²) in [6, 6.07) is 12.3. The summed E-state index contributed by atoms with van der Waals surface area (Å²) in [6.07, 6.45) is 3.71. The maximum absolute atomic E-state index is 13.4. The van der Waals surface area contributed by atoms with Crippen LogP contribution in [-0.4, -0.2) is 11.1 Å². The summed E-state index contributed by atoms with van der Waals surface area (Å²) in [6.45, 7) is 0. The summed E-state index contributed by atoms with van der Waals surface area (Å²) in [5, 5.41) is 13.2. The van der Waals surface area contributed by atoms with Crippen molar-refractivity contribution in [3.63, 3.8) is 0 Å². The van der Waals surface area contributed by atoms with Crippen molar-refractivity contribution in [1.29, 1.82) is 0 Å². The van der Waals surface area contributed by atoms with Crippen molar-refractivity contribution in [2.75, 3.05) is 5.32 Å². The predicted octanol–water partition coefficient (Wildman–Crippen LogP) is 4.82. The van der Waals surface area contributed by atoms with Crippen molar-refractivity contribution in [3.05, 3.63) is 65.0 Å². The first-order valence-electron chi connectivity index (χ1n) is 9.01. The van der Waals surface area contributed by atoms with Gasteiger partial charge in [-0.15, -0.1) is 0 Å². The second-order valence-electron chi connectivity index (χ2n) is 7.68. The normalized spacial score (nSPS) is 32.0. The van der Waals surface area contributed by atoms with Crippen LogP contribution in [0.5, 0.6) is 0 Å². The van der Waals surface area contributed by atoms with Crippen LogP contribution in [0.2, 0.25) is 0 Å². The number of para-hydroxylation sites is 1. The third kappa shape index (κ3) is 2.13. The number of hydrogen-bond acceptors (Lipinski definition) is 2. The Morgan fingerprint density at radius 3 is 2.60 bits per heavy atom. The largest absolute Gasteiger partial charge is 0.478 e. The van der Waals surface area contributed by atoms with E-state index in [0.717, 1.165) is 16.8 Å². The molecule has 5 atom stereocenters. The number of rotatable bonds is 2. The molecule has 25 heavy (non-hydrogen) atoms. The van der Waals surface area contributed by atoms with E-state index in [1.165, 1.54) is 31.4 Å². The van der Waals surface area contributed by atoms with Gasteiger partial charge in [0, 0.05) is 0 Å². The first-order chi connectivity index (χ1) is 12.1. The maximum Gasteiger partial charge on any atom is 0.337 e. The highest BCUT2D eigenvalue weighted by atomic mass is 19.1. The molecule has 2 N–H and O–H groups in total. The van der Waals surface area contributed by atoms with Crippen LogP contribution in [0.1, 0.15) is 52.7 Å². The third-order valence-corrected chi connectivity index (χ3v) is 6.58. The molecule has 2 bridgehead atoms. The van der Waals surface area contributed by atoms with E-state index >= 15 is 0 Å². The Morgan fingerprint density at radius 2 is 1.84 bits per heavy atom. The Labute approximate surface area is 145 Å². The zero-order valence-corrected chi connectivity index (χ0v) is 13.8. The molecule has 3 nitrogen and oxygen atoms in total. The summed E-state index contributed by atoms with van der Waals surface area (Å²) >= 11 is 0. The molecule has 0 unspecified atom stereocenters. The molecule has 0 saturated heterocycles. The van der Waals surface area contributed by atoms with Gasteiger partial charge in [0.05, 0.1) is 17.3 Å².